The minimum absolute atomic E-state index is 0.0259. The minimum Gasteiger partial charge on any atom is -0.352 e. The Bertz CT molecular complexity index is 1320. The van der Waals surface area contributed by atoms with Crippen molar-refractivity contribution in [2.24, 2.45) is 0 Å². The molecule has 0 bridgehead atoms. The second-order valence-electron chi connectivity index (χ2n) is 8.79. The van der Waals surface area contributed by atoms with Gasteiger partial charge in [0.25, 0.3) is 10.0 Å². The molecule has 3 aromatic carbocycles. The Hall–Kier alpha value is -3.43. The van der Waals surface area contributed by atoms with Crippen molar-refractivity contribution in [1.29, 1.82) is 0 Å². The number of carbonyl (C=O) groups is 2. The topological polar surface area (TPSA) is 86.8 Å². The number of nitrogens with zero attached hydrogens (tertiary/aromatic N) is 2. The van der Waals surface area contributed by atoms with E-state index in [2.05, 4.69) is 5.32 Å². The average molecular weight is 546 g/mol. The summed E-state index contributed by atoms with van der Waals surface area (Å²) in [6.07, 6.45) is 0. The number of hydrogen-bond donors (Lipinski definition) is 1. The molecule has 1 atom stereocenters. The first kappa shape index (κ1) is 28.1. The maximum Gasteiger partial charge on any atom is 0.264 e. The van der Waals surface area contributed by atoms with Gasteiger partial charge in [0.2, 0.25) is 11.8 Å². The normalized spacial score (nSPS) is 12.2. The Kier molecular flexibility index (Phi) is 9.29. The second kappa shape index (κ2) is 12.2. The number of nitrogens with one attached hydrogen (secondary N) is 1. The van der Waals surface area contributed by atoms with E-state index in [0.717, 1.165) is 16.4 Å². The SMILES string of the molecule is CC(C)NC(=O)C(C)N(Cc1ccc(Cl)cc1)C(=O)CN(c1ccc(F)cc1)S(=O)(=O)c1ccccc1. The first-order valence-electron chi connectivity index (χ1n) is 11.7. The fourth-order valence-corrected chi connectivity index (χ4v) is 5.19. The van der Waals surface area contributed by atoms with Crippen molar-refractivity contribution in [2.45, 2.75) is 44.3 Å². The molecule has 37 heavy (non-hydrogen) atoms. The van der Waals surface area contributed by atoms with Crippen molar-refractivity contribution in [2.75, 3.05) is 10.8 Å². The molecule has 0 aliphatic carbocycles. The van der Waals surface area contributed by atoms with Crippen molar-refractivity contribution in [3.63, 3.8) is 0 Å². The van der Waals surface area contributed by atoms with Gasteiger partial charge in [-0.15, -0.1) is 0 Å². The van der Waals surface area contributed by atoms with Gasteiger partial charge in [0, 0.05) is 17.6 Å². The third kappa shape index (κ3) is 7.30. The van der Waals surface area contributed by atoms with Crippen LogP contribution in [0.1, 0.15) is 26.3 Å². The standard InChI is InChI=1S/C27H29ClFN3O4S/c1-19(2)30-27(34)20(3)31(17-21-9-11-22(28)12-10-21)26(33)18-32(24-15-13-23(29)14-16-24)37(35,36)25-7-5-4-6-8-25/h4-16,19-20H,17-18H2,1-3H3,(H,30,34). The summed E-state index contributed by atoms with van der Waals surface area (Å²) in [5.41, 5.74) is 0.825. The molecule has 0 fully saturated rings. The predicted molar refractivity (Wildman–Crippen MR) is 142 cm³/mol. The first-order chi connectivity index (χ1) is 17.5. The highest BCUT2D eigenvalue weighted by atomic mass is 35.5. The molecule has 196 valence electrons. The van der Waals surface area contributed by atoms with Crippen LogP contribution in [0.4, 0.5) is 10.1 Å². The lowest BCUT2D eigenvalue weighted by Gasteiger charge is -2.32. The van der Waals surface area contributed by atoms with E-state index in [1.165, 1.54) is 29.2 Å². The van der Waals surface area contributed by atoms with Crippen molar-refractivity contribution in [3.8, 4) is 0 Å². The highest BCUT2D eigenvalue weighted by molar-refractivity contribution is 7.92. The summed E-state index contributed by atoms with van der Waals surface area (Å²) in [5.74, 6) is -1.53. The van der Waals surface area contributed by atoms with Crippen molar-refractivity contribution < 1.29 is 22.4 Å². The largest absolute Gasteiger partial charge is 0.352 e. The quantitative estimate of drug-likeness (QED) is 0.403. The zero-order valence-electron chi connectivity index (χ0n) is 20.8. The second-order valence-corrected chi connectivity index (χ2v) is 11.1. The number of hydrogen-bond acceptors (Lipinski definition) is 4. The molecule has 0 aliphatic heterocycles. The van der Waals surface area contributed by atoms with E-state index in [1.807, 2.05) is 0 Å². The Morgan fingerprint density at radius 3 is 2.08 bits per heavy atom. The van der Waals surface area contributed by atoms with Crippen LogP contribution in [-0.2, 0) is 26.2 Å². The Morgan fingerprint density at radius 2 is 1.51 bits per heavy atom. The van der Waals surface area contributed by atoms with Crippen LogP contribution in [0.3, 0.4) is 0 Å². The summed E-state index contributed by atoms with van der Waals surface area (Å²) in [5, 5.41) is 3.31. The monoisotopic (exact) mass is 545 g/mol. The fraction of sp³-hybridized carbons (Fsp3) is 0.259. The van der Waals surface area contributed by atoms with Gasteiger partial charge in [-0.05, 0) is 74.9 Å². The molecule has 0 saturated carbocycles. The average Bonchev–Trinajstić information content (AvgIpc) is 2.87. The molecule has 0 aliphatic rings. The van der Waals surface area contributed by atoms with Gasteiger partial charge in [-0.3, -0.25) is 13.9 Å². The molecule has 3 aromatic rings. The molecular weight excluding hydrogens is 517 g/mol. The number of carbonyl (C=O) groups excluding carboxylic acids is 2. The Morgan fingerprint density at radius 1 is 0.919 bits per heavy atom. The molecule has 3 rings (SSSR count). The van der Waals surface area contributed by atoms with Crippen molar-refractivity contribution in [1.82, 2.24) is 10.2 Å². The minimum atomic E-state index is -4.19. The predicted octanol–water partition coefficient (Wildman–Crippen LogP) is 4.62. The van der Waals surface area contributed by atoms with Crippen LogP contribution in [0.5, 0.6) is 0 Å². The van der Waals surface area contributed by atoms with Gasteiger partial charge in [-0.25, -0.2) is 12.8 Å². The maximum atomic E-state index is 13.7. The molecule has 1 unspecified atom stereocenters. The van der Waals surface area contributed by atoms with Crippen LogP contribution in [0, 0.1) is 5.82 Å². The van der Waals surface area contributed by atoms with Gasteiger partial charge in [0.15, 0.2) is 0 Å². The van der Waals surface area contributed by atoms with E-state index in [9.17, 15) is 22.4 Å². The Labute approximate surface area is 221 Å². The van der Waals surface area contributed by atoms with Gasteiger partial charge in [0.1, 0.15) is 18.4 Å². The number of rotatable bonds is 10. The molecule has 7 nitrogen and oxygen atoms in total. The highest BCUT2D eigenvalue weighted by Gasteiger charge is 2.32. The molecule has 0 radical (unpaired) electrons. The van der Waals surface area contributed by atoms with Gasteiger partial charge in [-0.1, -0.05) is 41.9 Å². The molecule has 2 amide bonds. The summed E-state index contributed by atoms with van der Waals surface area (Å²) in [6.45, 7) is 4.64. The maximum absolute atomic E-state index is 13.7. The number of halogens is 2. The van der Waals surface area contributed by atoms with Gasteiger partial charge in [0.05, 0.1) is 10.6 Å². The Balaban J connectivity index is 2.00. The molecule has 0 saturated heterocycles. The summed E-state index contributed by atoms with van der Waals surface area (Å²) in [7, 11) is -4.19. The van der Waals surface area contributed by atoms with Gasteiger partial charge in [-0.2, -0.15) is 0 Å². The van der Waals surface area contributed by atoms with Crippen LogP contribution in [0.15, 0.2) is 83.8 Å². The van der Waals surface area contributed by atoms with Gasteiger partial charge >= 0.3 is 0 Å². The molecule has 0 heterocycles. The van der Waals surface area contributed by atoms with Crippen LogP contribution in [0.2, 0.25) is 5.02 Å². The van der Waals surface area contributed by atoms with Crippen LogP contribution in [0.25, 0.3) is 0 Å². The van der Waals surface area contributed by atoms with Crippen LogP contribution >= 0.6 is 11.6 Å². The third-order valence-corrected chi connectivity index (χ3v) is 7.63. The summed E-state index contributed by atoms with van der Waals surface area (Å²) in [4.78, 5) is 27.9. The number of amides is 2. The lowest BCUT2D eigenvalue weighted by Crippen LogP contribution is -2.52. The van der Waals surface area contributed by atoms with Crippen LogP contribution in [-0.4, -0.2) is 43.8 Å². The fourth-order valence-electron chi connectivity index (χ4n) is 3.63. The van der Waals surface area contributed by atoms with Crippen LogP contribution < -0.4 is 9.62 Å². The van der Waals surface area contributed by atoms with E-state index in [-0.39, 0.29) is 29.1 Å². The molecule has 0 spiro atoms. The van der Waals surface area contributed by atoms with E-state index in [0.29, 0.717) is 10.6 Å². The number of sulfonamides is 1. The molecular formula is C27H29ClFN3O4S. The summed E-state index contributed by atoms with van der Waals surface area (Å²) in [6, 6.07) is 18.2. The smallest absolute Gasteiger partial charge is 0.264 e. The van der Waals surface area contributed by atoms with E-state index in [4.69, 9.17) is 11.6 Å². The number of benzene rings is 3. The van der Waals surface area contributed by atoms with Gasteiger partial charge < -0.3 is 10.2 Å². The molecule has 0 aromatic heterocycles. The summed E-state index contributed by atoms with van der Waals surface area (Å²) >= 11 is 5.99. The lowest BCUT2D eigenvalue weighted by molar-refractivity contribution is -0.139. The van der Waals surface area contributed by atoms with E-state index in [1.54, 1.807) is 63.2 Å². The first-order valence-corrected chi connectivity index (χ1v) is 13.5. The summed E-state index contributed by atoms with van der Waals surface area (Å²) < 4.78 is 41.7. The zero-order chi connectivity index (χ0) is 27.2. The zero-order valence-corrected chi connectivity index (χ0v) is 22.3. The number of anilines is 1. The van der Waals surface area contributed by atoms with E-state index < -0.39 is 34.3 Å². The van der Waals surface area contributed by atoms with Crippen molar-refractivity contribution in [3.05, 3.63) is 95.3 Å². The highest BCUT2D eigenvalue weighted by Crippen LogP contribution is 2.25. The van der Waals surface area contributed by atoms with Crippen molar-refractivity contribution >= 4 is 39.1 Å². The third-order valence-electron chi connectivity index (χ3n) is 5.59. The lowest BCUT2D eigenvalue weighted by atomic mass is 10.1. The molecule has 10 heteroatoms. The molecule has 1 N–H and O–H groups in total. The van der Waals surface area contributed by atoms with E-state index >= 15 is 0 Å².